The van der Waals surface area contributed by atoms with Crippen molar-refractivity contribution in [3.63, 3.8) is 0 Å². The largest absolute Gasteiger partial charge is 0.383 e. The van der Waals surface area contributed by atoms with Crippen LogP contribution in [0, 0.1) is 0 Å². The summed E-state index contributed by atoms with van der Waals surface area (Å²) >= 11 is 5.76. The van der Waals surface area contributed by atoms with Crippen molar-refractivity contribution in [2.45, 2.75) is 4.90 Å². The van der Waals surface area contributed by atoms with Crippen LogP contribution in [0.15, 0.2) is 29.2 Å². The summed E-state index contributed by atoms with van der Waals surface area (Å²) in [6, 6.07) is 5.97. The molecule has 0 atom stereocenters. The highest BCUT2D eigenvalue weighted by Gasteiger charge is 2.13. The molecule has 0 saturated heterocycles. The third kappa shape index (κ3) is 9.09. The van der Waals surface area contributed by atoms with Gasteiger partial charge in [0.15, 0.2) is 0 Å². The number of amides is 1. The van der Waals surface area contributed by atoms with Gasteiger partial charge in [-0.2, -0.15) is 0 Å². The van der Waals surface area contributed by atoms with Crippen LogP contribution < -0.4 is 15.4 Å². The van der Waals surface area contributed by atoms with Crippen molar-refractivity contribution < 1.29 is 17.9 Å². The first-order valence-electron chi connectivity index (χ1n) is 6.67. The van der Waals surface area contributed by atoms with Gasteiger partial charge in [-0.1, -0.05) is 17.7 Å². The predicted molar refractivity (Wildman–Crippen MR) is 91.6 cm³/mol. The average molecular weight is 386 g/mol. The lowest BCUT2D eigenvalue weighted by molar-refractivity contribution is -0.120. The fourth-order valence-corrected chi connectivity index (χ4v) is 2.88. The van der Waals surface area contributed by atoms with Gasteiger partial charge >= 0.3 is 0 Å². The summed E-state index contributed by atoms with van der Waals surface area (Å²) in [5, 5.41) is 5.83. The fourth-order valence-electron chi connectivity index (χ4n) is 1.54. The highest BCUT2D eigenvalue weighted by Crippen LogP contribution is 2.14. The smallest absolute Gasteiger partial charge is 0.240 e. The van der Waals surface area contributed by atoms with Crippen LogP contribution in [-0.2, 0) is 19.6 Å². The molecule has 1 rings (SSSR count). The van der Waals surface area contributed by atoms with Gasteiger partial charge in [-0.3, -0.25) is 4.79 Å². The summed E-state index contributed by atoms with van der Waals surface area (Å²) in [7, 11) is -2.05. The SMILES string of the molecule is COCCNCC(=O)NCCNS(=O)(=O)c1cccc(Cl)c1.Cl. The minimum atomic E-state index is -3.62. The lowest BCUT2D eigenvalue weighted by Gasteiger charge is -2.09. The molecule has 0 fully saturated rings. The van der Waals surface area contributed by atoms with E-state index in [4.69, 9.17) is 16.3 Å². The van der Waals surface area contributed by atoms with Crippen molar-refractivity contribution in [1.82, 2.24) is 15.4 Å². The number of hydrogen-bond acceptors (Lipinski definition) is 5. The molecule has 0 aliphatic heterocycles. The third-order valence-electron chi connectivity index (χ3n) is 2.61. The first-order valence-corrected chi connectivity index (χ1v) is 8.53. The zero-order chi connectivity index (χ0) is 16.4. The molecule has 0 aliphatic rings. The van der Waals surface area contributed by atoms with Gasteiger partial charge in [0.1, 0.15) is 0 Å². The second-order valence-corrected chi connectivity index (χ2v) is 6.58. The number of carbonyl (C=O) groups excluding carboxylic acids is 1. The Bertz CT molecular complexity index is 584. The summed E-state index contributed by atoms with van der Waals surface area (Å²) in [5.74, 6) is -0.210. The van der Waals surface area contributed by atoms with Gasteiger partial charge < -0.3 is 15.4 Å². The number of ether oxygens (including phenoxy) is 1. The number of methoxy groups -OCH3 is 1. The van der Waals surface area contributed by atoms with E-state index < -0.39 is 10.0 Å². The van der Waals surface area contributed by atoms with Crippen molar-refractivity contribution in [3.8, 4) is 0 Å². The van der Waals surface area contributed by atoms with Crippen LogP contribution in [0.4, 0.5) is 0 Å². The van der Waals surface area contributed by atoms with E-state index >= 15 is 0 Å². The van der Waals surface area contributed by atoms with Crippen LogP contribution in [0.3, 0.4) is 0 Å². The topological polar surface area (TPSA) is 96.5 Å². The van der Waals surface area contributed by atoms with Gasteiger partial charge in [0, 0.05) is 31.8 Å². The lowest BCUT2D eigenvalue weighted by Crippen LogP contribution is -2.39. The van der Waals surface area contributed by atoms with E-state index in [9.17, 15) is 13.2 Å². The Kier molecular flexibility index (Phi) is 11.2. The van der Waals surface area contributed by atoms with Gasteiger partial charge in [0.05, 0.1) is 18.0 Å². The van der Waals surface area contributed by atoms with Crippen molar-refractivity contribution in [2.24, 2.45) is 0 Å². The zero-order valence-electron chi connectivity index (χ0n) is 12.7. The standard InChI is InChI=1S/C13H20ClN3O4S.ClH/c1-21-8-7-15-10-13(18)16-5-6-17-22(19,20)12-4-2-3-11(14)9-12;/h2-4,9,15,17H,5-8,10H2,1H3,(H,16,18);1H. The molecule has 1 aromatic carbocycles. The minimum Gasteiger partial charge on any atom is -0.383 e. The lowest BCUT2D eigenvalue weighted by atomic mass is 10.4. The number of benzene rings is 1. The van der Waals surface area contributed by atoms with Crippen LogP contribution in [0.2, 0.25) is 5.02 Å². The van der Waals surface area contributed by atoms with Crippen molar-refractivity contribution in [1.29, 1.82) is 0 Å². The molecule has 0 radical (unpaired) electrons. The third-order valence-corrected chi connectivity index (χ3v) is 4.31. The maximum Gasteiger partial charge on any atom is 0.240 e. The van der Waals surface area contributed by atoms with Crippen molar-refractivity contribution in [3.05, 3.63) is 29.3 Å². The molecule has 132 valence electrons. The molecule has 0 bridgehead atoms. The Hall–Kier alpha value is -0.900. The quantitative estimate of drug-likeness (QED) is 0.506. The summed E-state index contributed by atoms with van der Waals surface area (Å²) < 4.78 is 31.2. The van der Waals surface area contributed by atoms with E-state index in [1.807, 2.05) is 0 Å². The van der Waals surface area contributed by atoms with E-state index in [0.29, 0.717) is 18.2 Å². The van der Waals surface area contributed by atoms with Gasteiger partial charge in [-0.15, -0.1) is 12.4 Å². The van der Waals surface area contributed by atoms with E-state index in [0.717, 1.165) is 0 Å². The number of hydrogen-bond donors (Lipinski definition) is 3. The second-order valence-electron chi connectivity index (χ2n) is 4.37. The Morgan fingerprint density at radius 2 is 2.00 bits per heavy atom. The van der Waals surface area contributed by atoms with Crippen molar-refractivity contribution >= 4 is 39.9 Å². The normalized spacial score (nSPS) is 10.9. The molecular formula is C13H21Cl2N3O4S. The van der Waals surface area contributed by atoms with Gasteiger partial charge in [0.2, 0.25) is 15.9 Å². The number of halogens is 2. The number of carbonyl (C=O) groups is 1. The van der Waals surface area contributed by atoms with E-state index in [1.54, 1.807) is 19.2 Å². The molecule has 10 heteroatoms. The number of sulfonamides is 1. The molecular weight excluding hydrogens is 365 g/mol. The summed E-state index contributed by atoms with van der Waals surface area (Å²) in [6.45, 7) is 1.55. The molecule has 0 unspecified atom stereocenters. The van der Waals surface area contributed by atoms with Crippen LogP contribution in [0.1, 0.15) is 0 Å². The van der Waals surface area contributed by atoms with Crippen LogP contribution in [-0.4, -0.2) is 54.2 Å². The highest BCUT2D eigenvalue weighted by molar-refractivity contribution is 7.89. The molecule has 1 amide bonds. The zero-order valence-corrected chi connectivity index (χ0v) is 15.1. The molecule has 1 aromatic rings. The van der Waals surface area contributed by atoms with E-state index in [1.165, 1.54) is 12.1 Å². The Morgan fingerprint density at radius 3 is 2.65 bits per heavy atom. The van der Waals surface area contributed by atoms with Gasteiger partial charge in [-0.05, 0) is 18.2 Å². The first-order chi connectivity index (χ1) is 10.5. The average Bonchev–Trinajstić information content (AvgIpc) is 2.48. The molecule has 23 heavy (non-hydrogen) atoms. The molecule has 0 aliphatic carbocycles. The van der Waals surface area contributed by atoms with E-state index in [-0.39, 0.29) is 42.8 Å². The molecule has 0 spiro atoms. The molecule has 0 heterocycles. The predicted octanol–water partition coefficient (Wildman–Crippen LogP) is 0.392. The van der Waals surface area contributed by atoms with E-state index in [2.05, 4.69) is 15.4 Å². The number of nitrogens with one attached hydrogen (secondary N) is 3. The number of rotatable bonds is 10. The summed E-state index contributed by atoms with van der Waals surface area (Å²) in [6.07, 6.45) is 0. The Morgan fingerprint density at radius 1 is 1.26 bits per heavy atom. The maximum atomic E-state index is 12.0. The second kappa shape index (κ2) is 11.6. The fraction of sp³-hybridized carbons (Fsp3) is 0.462. The van der Waals surface area contributed by atoms with Crippen LogP contribution >= 0.6 is 24.0 Å². The molecule has 0 saturated carbocycles. The summed E-state index contributed by atoms with van der Waals surface area (Å²) in [5.41, 5.74) is 0. The first kappa shape index (κ1) is 22.1. The van der Waals surface area contributed by atoms with Crippen LogP contribution in [0.25, 0.3) is 0 Å². The molecule has 3 N–H and O–H groups in total. The monoisotopic (exact) mass is 385 g/mol. The van der Waals surface area contributed by atoms with Crippen LogP contribution in [0.5, 0.6) is 0 Å². The molecule has 0 aromatic heterocycles. The van der Waals surface area contributed by atoms with Gasteiger partial charge in [-0.25, -0.2) is 13.1 Å². The van der Waals surface area contributed by atoms with Gasteiger partial charge in [0.25, 0.3) is 0 Å². The Balaban J connectivity index is 0.00000484. The highest BCUT2D eigenvalue weighted by atomic mass is 35.5. The minimum absolute atomic E-state index is 0. The molecule has 7 nitrogen and oxygen atoms in total. The Labute approximate surface area is 147 Å². The maximum absolute atomic E-state index is 12.0. The van der Waals surface area contributed by atoms with Crippen molar-refractivity contribution in [2.75, 3.05) is 39.9 Å². The summed E-state index contributed by atoms with van der Waals surface area (Å²) in [4.78, 5) is 11.5.